The Balaban J connectivity index is 2.58. The third-order valence-corrected chi connectivity index (χ3v) is 3.77. The summed E-state index contributed by atoms with van der Waals surface area (Å²) in [7, 11) is 0. The molecule has 2 rings (SSSR count). The lowest BCUT2D eigenvalue weighted by molar-refractivity contribution is 1.35. The van der Waals surface area contributed by atoms with Crippen LogP contribution in [0.3, 0.4) is 0 Å². The van der Waals surface area contributed by atoms with Crippen LogP contribution in [-0.4, -0.2) is 0 Å². The molecule has 0 unspecified atom stereocenters. The Morgan fingerprint density at radius 1 is 1.13 bits per heavy atom. The maximum absolute atomic E-state index is 6.00. The van der Waals surface area contributed by atoms with Crippen LogP contribution in [0, 0.1) is 13.8 Å². The van der Waals surface area contributed by atoms with Crippen molar-refractivity contribution in [2.45, 2.75) is 13.8 Å². The molecule has 0 aliphatic rings. The number of halogens is 1. The highest BCUT2D eigenvalue weighted by molar-refractivity contribution is 7.19. The van der Waals surface area contributed by atoms with Crippen LogP contribution < -0.4 is 5.73 Å². The summed E-state index contributed by atoms with van der Waals surface area (Å²) in [6.07, 6.45) is 0. The smallest absolute Gasteiger partial charge is 0.0934 e. The zero-order valence-corrected chi connectivity index (χ0v) is 10.2. The molecule has 0 saturated carbocycles. The van der Waals surface area contributed by atoms with Gasteiger partial charge in [0.05, 0.1) is 4.34 Å². The van der Waals surface area contributed by atoms with E-state index in [1.54, 1.807) is 11.3 Å². The molecule has 0 saturated heterocycles. The lowest BCUT2D eigenvalue weighted by Crippen LogP contribution is -1.92. The van der Waals surface area contributed by atoms with Crippen molar-refractivity contribution in [2.24, 2.45) is 0 Å². The number of nitrogens with two attached hydrogens (primary N) is 1. The fourth-order valence-electron chi connectivity index (χ4n) is 1.51. The van der Waals surface area contributed by atoms with Crippen LogP contribution in [-0.2, 0) is 0 Å². The van der Waals surface area contributed by atoms with Gasteiger partial charge in [-0.05, 0) is 49.2 Å². The quantitative estimate of drug-likeness (QED) is 0.737. The summed E-state index contributed by atoms with van der Waals surface area (Å²) in [6, 6.07) is 8.04. The Morgan fingerprint density at radius 2 is 1.80 bits per heavy atom. The number of aryl methyl sites for hydroxylation is 2. The van der Waals surface area contributed by atoms with Gasteiger partial charge in [-0.3, -0.25) is 0 Å². The van der Waals surface area contributed by atoms with E-state index in [1.165, 1.54) is 11.1 Å². The molecule has 0 bridgehead atoms. The van der Waals surface area contributed by atoms with Gasteiger partial charge in [-0.2, -0.15) is 0 Å². The third-order valence-electron chi connectivity index (χ3n) is 2.50. The number of rotatable bonds is 1. The van der Waals surface area contributed by atoms with Crippen molar-refractivity contribution in [1.29, 1.82) is 0 Å². The Bertz CT molecular complexity index is 502. The number of nitrogen functional groups attached to an aromatic ring is 1. The number of hydrogen-bond acceptors (Lipinski definition) is 2. The first kappa shape index (κ1) is 10.5. The van der Waals surface area contributed by atoms with Gasteiger partial charge in [-0.25, -0.2) is 0 Å². The molecule has 78 valence electrons. The molecule has 1 nitrogen and oxygen atoms in total. The monoisotopic (exact) mass is 237 g/mol. The van der Waals surface area contributed by atoms with Gasteiger partial charge < -0.3 is 5.73 Å². The van der Waals surface area contributed by atoms with Gasteiger partial charge in [0.2, 0.25) is 0 Å². The standard InChI is InChI=1S/C12H12ClNS/c1-7-5-9(10(14)6-8(7)2)11-3-4-12(13)15-11/h3-6H,14H2,1-2H3. The molecular weight excluding hydrogens is 226 g/mol. The van der Waals surface area contributed by atoms with Crippen LogP contribution >= 0.6 is 22.9 Å². The average Bonchev–Trinajstić information content (AvgIpc) is 2.58. The molecule has 1 aromatic carbocycles. The fraction of sp³-hybridized carbons (Fsp3) is 0.167. The van der Waals surface area contributed by atoms with Crippen LogP contribution in [0.5, 0.6) is 0 Å². The van der Waals surface area contributed by atoms with Gasteiger partial charge >= 0.3 is 0 Å². The number of hydrogen-bond donors (Lipinski definition) is 1. The first-order valence-electron chi connectivity index (χ1n) is 4.70. The van der Waals surface area contributed by atoms with Crippen molar-refractivity contribution >= 4 is 28.6 Å². The molecule has 0 aliphatic carbocycles. The molecule has 3 heteroatoms. The van der Waals surface area contributed by atoms with E-state index in [0.717, 1.165) is 20.5 Å². The lowest BCUT2D eigenvalue weighted by atomic mass is 10.0. The summed E-state index contributed by atoms with van der Waals surface area (Å²) in [5.74, 6) is 0. The second-order valence-electron chi connectivity index (χ2n) is 3.63. The Morgan fingerprint density at radius 3 is 2.40 bits per heavy atom. The molecule has 0 radical (unpaired) electrons. The molecule has 0 aliphatic heterocycles. The molecule has 0 fully saturated rings. The minimum atomic E-state index is 0.794. The summed E-state index contributed by atoms with van der Waals surface area (Å²) in [5, 5.41) is 0. The topological polar surface area (TPSA) is 26.0 Å². The van der Waals surface area contributed by atoms with Crippen molar-refractivity contribution in [2.75, 3.05) is 5.73 Å². The Hall–Kier alpha value is -0.990. The zero-order chi connectivity index (χ0) is 11.0. The van der Waals surface area contributed by atoms with Crippen LogP contribution in [0.2, 0.25) is 4.34 Å². The molecule has 15 heavy (non-hydrogen) atoms. The Labute approximate surface area is 98.5 Å². The molecular formula is C12H12ClNS. The maximum atomic E-state index is 6.00. The van der Waals surface area contributed by atoms with E-state index < -0.39 is 0 Å². The number of anilines is 1. The summed E-state index contributed by atoms with van der Waals surface area (Å²) in [5.41, 5.74) is 10.4. The zero-order valence-electron chi connectivity index (χ0n) is 8.67. The van der Waals surface area contributed by atoms with Crippen molar-refractivity contribution in [3.05, 3.63) is 39.7 Å². The summed E-state index contributed by atoms with van der Waals surface area (Å²) in [4.78, 5) is 1.13. The van der Waals surface area contributed by atoms with Crippen molar-refractivity contribution < 1.29 is 0 Å². The van der Waals surface area contributed by atoms with Crippen molar-refractivity contribution in [3.8, 4) is 10.4 Å². The van der Waals surface area contributed by atoms with E-state index in [1.807, 2.05) is 18.2 Å². The van der Waals surface area contributed by atoms with Crippen molar-refractivity contribution in [1.82, 2.24) is 0 Å². The highest BCUT2D eigenvalue weighted by Crippen LogP contribution is 2.35. The molecule has 2 aromatic rings. The Kier molecular flexibility index (Phi) is 2.72. The molecule has 0 amide bonds. The second-order valence-corrected chi connectivity index (χ2v) is 5.34. The molecule has 0 spiro atoms. The highest BCUT2D eigenvalue weighted by atomic mass is 35.5. The van der Waals surface area contributed by atoms with E-state index in [9.17, 15) is 0 Å². The second kappa shape index (κ2) is 3.87. The molecule has 1 heterocycles. The van der Waals surface area contributed by atoms with Gasteiger partial charge in [0.25, 0.3) is 0 Å². The molecule has 1 aromatic heterocycles. The number of benzene rings is 1. The molecule has 2 N–H and O–H groups in total. The van der Waals surface area contributed by atoms with Gasteiger partial charge in [0, 0.05) is 16.1 Å². The van der Waals surface area contributed by atoms with Crippen LogP contribution in [0.4, 0.5) is 5.69 Å². The van der Waals surface area contributed by atoms with Gasteiger partial charge in [0.15, 0.2) is 0 Å². The first-order chi connectivity index (χ1) is 7.08. The lowest BCUT2D eigenvalue weighted by Gasteiger charge is -2.07. The van der Waals surface area contributed by atoms with Crippen LogP contribution in [0.1, 0.15) is 11.1 Å². The highest BCUT2D eigenvalue weighted by Gasteiger charge is 2.07. The van der Waals surface area contributed by atoms with E-state index >= 15 is 0 Å². The van der Waals surface area contributed by atoms with Gasteiger partial charge in [-0.15, -0.1) is 11.3 Å². The largest absolute Gasteiger partial charge is 0.398 e. The van der Waals surface area contributed by atoms with E-state index in [4.69, 9.17) is 17.3 Å². The average molecular weight is 238 g/mol. The van der Waals surface area contributed by atoms with E-state index in [-0.39, 0.29) is 0 Å². The first-order valence-corrected chi connectivity index (χ1v) is 5.90. The maximum Gasteiger partial charge on any atom is 0.0934 e. The van der Waals surface area contributed by atoms with Crippen LogP contribution in [0.15, 0.2) is 24.3 Å². The van der Waals surface area contributed by atoms with Gasteiger partial charge in [-0.1, -0.05) is 11.6 Å². The number of thiophene rings is 1. The summed E-state index contributed by atoms with van der Waals surface area (Å²) >= 11 is 7.47. The SMILES string of the molecule is Cc1cc(N)c(-c2ccc(Cl)s2)cc1C. The van der Waals surface area contributed by atoms with Crippen molar-refractivity contribution in [3.63, 3.8) is 0 Å². The molecule has 0 atom stereocenters. The normalized spacial score (nSPS) is 10.6. The van der Waals surface area contributed by atoms with Gasteiger partial charge in [0.1, 0.15) is 0 Å². The predicted octanol–water partition coefficient (Wildman–Crippen LogP) is 4.27. The van der Waals surface area contributed by atoms with E-state index in [0.29, 0.717) is 0 Å². The van der Waals surface area contributed by atoms with E-state index in [2.05, 4.69) is 19.9 Å². The van der Waals surface area contributed by atoms with Crippen LogP contribution in [0.25, 0.3) is 10.4 Å². The summed E-state index contributed by atoms with van der Waals surface area (Å²) in [6.45, 7) is 4.16. The minimum Gasteiger partial charge on any atom is -0.398 e. The fourth-order valence-corrected chi connectivity index (χ4v) is 2.59. The third kappa shape index (κ3) is 2.01. The summed E-state index contributed by atoms with van der Waals surface area (Å²) < 4.78 is 0.794. The predicted molar refractivity (Wildman–Crippen MR) is 68.7 cm³/mol. The minimum absolute atomic E-state index is 0.794.